The molecule has 0 heterocycles. The van der Waals surface area contributed by atoms with Gasteiger partial charge in [0.25, 0.3) is 11.6 Å². The molecule has 166 valence electrons. The molecule has 0 bridgehead atoms. The number of benzene rings is 3. The number of methoxy groups -OCH3 is 1. The molecule has 0 aliphatic carbocycles. The van der Waals surface area contributed by atoms with Crippen LogP contribution < -0.4 is 14.9 Å². The second-order valence-electron chi connectivity index (χ2n) is 6.57. The SMILES string of the molecule is COc1ccc(C(=O)N/N=C/c2cc([N+](=O)[O-])ccc2OC(=O)/C=C/c2ccccc2)cc1. The summed E-state index contributed by atoms with van der Waals surface area (Å²) in [5.74, 6) is -0.529. The quantitative estimate of drug-likeness (QED) is 0.140. The van der Waals surface area contributed by atoms with Gasteiger partial charge in [-0.2, -0.15) is 5.10 Å². The number of nitrogens with one attached hydrogen (secondary N) is 1. The number of carbonyl (C=O) groups is 2. The second-order valence-corrected chi connectivity index (χ2v) is 6.57. The summed E-state index contributed by atoms with van der Waals surface area (Å²) in [7, 11) is 1.51. The zero-order valence-electron chi connectivity index (χ0n) is 17.5. The Kier molecular flexibility index (Phi) is 7.63. The van der Waals surface area contributed by atoms with Crippen molar-refractivity contribution in [3.63, 3.8) is 0 Å². The number of rotatable bonds is 8. The first-order chi connectivity index (χ1) is 16.0. The summed E-state index contributed by atoms with van der Waals surface area (Å²) in [6.45, 7) is 0. The number of ether oxygens (including phenoxy) is 2. The molecule has 3 aromatic carbocycles. The lowest BCUT2D eigenvalue weighted by Crippen LogP contribution is -2.17. The van der Waals surface area contributed by atoms with Crippen LogP contribution in [0.15, 0.2) is 84.0 Å². The van der Waals surface area contributed by atoms with E-state index in [4.69, 9.17) is 9.47 Å². The number of hydrogen-bond acceptors (Lipinski definition) is 7. The lowest BCUT2D eigenvalue weighted by atomic mass is 10.2. The first kappa shape index (κ1) is 22.9. The summed E-state index contributed by atoms with van der Waals surface area (Å²) >= 11 is 0. The summed E-state index contributed by atoms with van der Waals surface area (Å²) in [6, 6.07) is 19.2. The molecule has 0 aliphatic heterocycles. The monoisotopic (exact) mass is 445 g/mol. The fourth-order valence-corrected chi connectivity index (χ4v) is 2.68. The fourth-order valence-electron chi connectivity index (χ4n) is 2.68. The van der Waals surface area contributed by atoms with Gasteiger partial charge in [-0.15, -0.1) is 0 Å². The van der Waals surface area contributed by atoms with Crippen molar-refractivity contribution in [3.8, 4) is 11.5 Å². The van der Waals surface area contributed by atoms with Crippen LogP contribution >= 0.6 is 0 Å². The Hall–Kier alpha value is -4.79. The van der Waals surface area contributed by atoms with Crippen molar-refractivity contribution in [2.75, 3.05) is 7.11 Å². The molecular formula is C24H19N3O6. The van der Waals surface area contributed by atoms with E-state index in [0.717, 1.165) is 11.8 Å². The van der Waals surface area contributed by atoms with Gasteiger partial charge in [-0.05, 0) is 42.0 Å². The Morgan fingerprint density at radius 1 is 1.03 bits per heavy atom. The summed E-state index contributed by atoms with van der Waals surface area (Å²) < 4.78 is 10.3. The van der Waals surface area contributed by atoms with E-state index in [9.17, 15) is 19.7 Å². The van der Waals surface area contributed by atoms with Crippen molar-refractivity contribution in [1.82, 2.24) is 5.43 Å². The number of hydrogen-bond donors (Lipinski definition) is 1. The number of carbonyl (C=O) groups excluding carboxylic acids is 2. The van der Waals surface area contributed by atoms with E-state index >= 15 is 0 Å². The van der Waals surface area contributed by atoms with E-state index in [1.165, 1.54) is 31.4 Å². The average Bonchev–Trinajstić information content (AvgIpc) is 2.84. The summed E-state index contributed by atoms with van der Waals surface area (Å²) in [6.07, 6.45) is 3.98. The topological polar surface area (TPSA) is 120 Å². The molecule has 9 heteroatoms. The maximum absolute atomic E-state index is 12.2. The molecule has 1 N–H and O–H groups in total. The second kappa shape index (κ2) is 11.0. The highest BCUT2D eigenvalue weighted by Crippen LogP contribution is 2.23. The van der Waals surface area contributed by atoms with E-state index < -0.39 is 16.8 Å². The number of hydrazone groups is 1. The van der Waals surface area contributed by atoms with E-state index in [0.29, 0.717) is 11.3 Å². The molecule has 0 saturated carbocycles. The van der Waals surface area contributed by atoms with Gasteiger partial charge in [0.05, 0.1) is 18.2 Å². The van der Waals surface area contributed by atoms with Gasteiger partial charge >= 0.3 is 5.97 Å². The molecule has 1 amide bonds. The van der Waals surface area contributed by atoms with Gasteiger partial charge in [0.2, 0.25) is 0 Å². The predicted octanol–water partition coefficient (Wildman–Crippen LogP) is 3.99. The van der Waals surface area contributed by atoms with E-state index in [-0.39, 0.29) is 17.0 Å². The zero-order valence-corrected chi connectivity index (χ0v) is 17.5. The Morgan fingerprint density at radius 3 is 2.42 bits per heavy atom. The van der Waals surface area contributed by atoms with Crippen LogP contribution in [0.1, 0.15) is 21.5 Å². The van der Waals surface area contributed by atoms with Crippen molar-refractivity contribution in [1.29, 1.82) is 0 Å². The maximum atomic E-state index is 12.2. The number of nitrogens with zero attached hydrogens (tertiary/aromatic N) is 2. The van der Waals surface area contributed by atoms with Crippen molar-refractivity contribution in [2.45, 2.75) is 0 Å². The number of amides is 1. The van der Waals surface area contributed by atoms with Gasteiger partial charge < -0.3 is 9.47 Å². The van der Waals surface area contributed by atoms with Crippen LogP contribution in [0.25, 0.3) is 6.08 Å². The molecule has 0 saturated heterocycles. The molecule has 0 atom stereocenters. The lowest BCUT2D eigenvalue weighted by Gasteiger charge is -2.06. The smallest absolute Gasteiger partial charge is 0.336 e. The minimum Gasteiger partial charge on any atom is -0.497 e. The minimum atomic E-state index is -0.676. The lowest BCUT2D eigenvalue weighted by molar-refractivity contribution is -0.384. The Morgan fingerprint density at radius 2 is 1.76 bits per heavy atom. The van der Waals surface area contributed by atoms with Gasteiger partial charge in [0.1, 0.15) is 11.5 Å². The maximum Gasteiger partial charge on any atom is 0.336 e. The highest BCUT2D eigenvalue weighted by atomic mass is 16.6. The Bertz CT molecular complexity index is 1200. The van der Waals surface area contributed by atoms with Crippen molar-refractivity contribution in [2.24, 2.45) is 5.10 Å². The molecule has 3 rings (SSSR count). The van der Waals surface area contributed by atoms with Crippen LogP contribution in [0.2, 0.25) is 0 Å². The molecule has 9 nitrogen and oxygen atoms in total. The molecule has 0 fully saturated rings. The molecule has 3 aromatic rings. The standard InChI is InChI=1S/C24H19N3O6/c1-32-21-11-8-18(9-12-21)24(29)26-25-16-19-15-20(27(30)31)10-13-22(19)33-23(28)14-7-17-5-3-2-4-6-17/h2-16H,1H3,(H,26,29)/b14-7+,25-16+. The van der Waals surface area contributed by atoms with Crippen LogP contribution in [0, 0.1) is 10.1 Å². The third-order valence-electron chi connectivity index (χ3n) is 4.35. The number of non-ortho nitro benzene ring substituents is 1. The third-order valence-corrected chi connectivity index (χ3v) is 4.35. The van der Waals surface area contributed by atoms with E-state index in [1.54, 1.807) is 30.3 Å². The van der Waals surface area contributed by atoms with Gasteiger partial charge in [-0.1, -0.05) is 30.3 Å². The number of nitro benzene ring substituents is 1. The van der Waals surface area contributed by atoms with Gasteiger partial charge in [0, 0.05) is 29.3 Å². The van der Waals surface area contributed by atoms with Gasteiger partial charge in [0.15, 0.2) is 0 Å². The van der Waals surface area contributed by atoms with Crippen molar-refractivity contribution in [3.05, 3.63) is 106 Å². The Labute approximate surface area is 189 Å². The third kappa shape index (κ3) is 6.59. The fraction of sp³-hybridized carbons (Fsp3) is 0.0417. The number of nitro groups is 1. The van der Waals surface area contributed by atoms with Crippen LogP contribution in [0.4, 0.5) is 5.69 Å². The first-order valence-corrected chi connectivity index (χ1v) is 9.67. The van der Waals surface area contributed by atoms with Crippen molar-refractivity contribution >= 4 is 29.9 Å². The molecule has 0 unspecified atom stereocenters. The molecular weight excluding hydrogens is 426 g/mol. The molecule has 0 radical (unpaired) electrons. The minimum absolute atomic E-state index is 0.0470. The van der Waals surface area contributed by atoms with Crippen LogP contribution in [-0.2, 0) is 4.79 Å². The number of esters is 1. The van der Waals surface area contributed by atoms with Crippen LogP contribution in [-0.4, -0.2) is 30.1 Å². The van der Waals surface area contributed by atoms with Gasteiger partial charge in [-0.25, -0.2) is 10.2 Å². The highest BCUT2D eigenvalue weighted by Gasteiger charge is 2.13. The average molecular weight is 445 g/mol. The highest BCUT2D eigenvalue weighted by molar-refractivity contribution is 5.96. The normalized spacial score (nSPS) is 10.8. The first-order valence-electron chi connectivity index (χ1n) is 9.67. The summed E-state index contributed by atoms with van der Waals surface area (Å²) in [4.78, 5) is 35.0. The predicted molar refractivity (Wildman–Crippen MR) is 122 cm³/mol. The van der Waals surface area contributed by atoms with Gasteiger partial charge in [-0.3, -0.25) is 14.9 Å². The van der Waals surface area contributed by atoms with Crippen LogP contribution in [0.5, 0.6) is 11.5 Å². The Balaban J connectivity index is 1.74. The summed E-state index contributed by atoms with van der Waals surface area (Å²) in [5.41, 5.74) is 3.39. The molecule has 33 heavy (non-hydrogen) atoms. The van der Waals surface area contributed by atoms with Crippen LogP contribution in [0.3, 0.4) is 0 Å². The molecule has 0 aromatic heterocycles. The summed E-state index contributed by atoms with van der Waals surface area (Å²) in [5, 5.41) is 15.0. The molecule has 0 aliphatic rings. The van der Waals surface area contributed by atoms with E-state index in [1.807, 2.05) is 30.3 Å². The largest absolute Gasteiger partial charge is 0.497 e. The van der Waals surface area contributed by atoms with Crippen molar-refractivity contribution < 1.29 is 24.0 Å². The van der Waals surface area contributed by atoms with E-state index in [2.05, 4.69) is 10.5 Å². The molecule has 0 spiro atoms. The zero-order chi connectivity index (χ0) is 23.6.